The van der Waals surface area contributed by atoms with Gasteiger partial charge in [-0.1, -0.05) is 0 Å². The molecule has 0 amide bonds. The largest absolute Gasteiger partial charge is 0.291 e. The lowest BCUT2D eigenvalue weighted by Crippen LogP contribution is -2.01. The predicted molar refractivity (Wildman–Crippen MR) is 36.9 cm³/mol. The number of rotatable bonds is 2. The maximum Gasteiger partial charge on any atom is 0.291 e. The third-order valence-corrected chi connectivity index (χ3v) is 2.45. The summed E-state index contributed by atoms with van der Waals surface area (Å²) in [5.41, 5.74) is 0. The molecule has 0 aromatic carbocycles. The van der Waals surface area contributed by atoms with Gasteiger partial charge >= 0.3 is 0 Å². The van der Waals surface area contributed by atoms with Crippen LogP contribution in [0.1, 0.15) is 6.92 Å². The van der Waals surface area contributed by atoms with Crippen LogP contribution in [-0.4, -0.2) is 25.9 Å². The summed E-state index contributed by atoms with van der Waals surface area (Å²) in [7, 11) is -9.02. The van der Waals surface area contributed by atoms with Crippen LogP contribution in [0.3, 0.4) is 0 Å². The lowest BCUT2D eigenvalue weighted by atomic mass is 10.8. The lowest BCUT2D eigenvalue weighted by molar-refractivity contribution is 0.486. The van der Waals surface area contributed by atoms with Crippen molar-refractivity contribution in [1.29, 1.82) is 0 Å². The number of hydrogen-bond acceptors (Lipinski definition) is 4. The van der Waals surface area contributed by atoms with E-state index in [4.69, 9.17) is 9.11 Å². The van der Waals surface area contributed by atoms with Gasteiger partial charge in [0.15, 0.2) is 0 Å². The fourth-order valence-corrected chi connectivity index (χ4v) is 1.54. The zero-order valence-corrected chi connectivity index (χ0v) is 7.05. The molecule has 0 saturated carbocycles. The van der Waals surface area contributed by atoms with Crippen molar-refractivity contribution in [3.05, 3.63) is 10.3 Å². The standard InChI is InChI=1S/C3H6O6S2/c1-3(11(7,8)9)2-10(4,5)6/h2H,1H3,(H,4,5,6)(H,7,8,9)/b3-2-. The SMILES string of the molecule is C/C(=C/S(=O)(=O)O)S(=O)(=O)O. The molecule has 8 heteroatoms. The minimum atomic E-state index is -4.51. The smallest absolute Gasteiger partial charge is 0.282 e. The van der Waals surface area contributed by atoms with Gasteiger partial charge in [0.1, 0.15) is 0 Å². The Kier molecular flexibility index (Phi) is 2.78. The van der Waals surface area contributed by atoms with Crippen LogP contribution in [0.15, 0.2) is 10.3 Å². The van der Waals surface area contributed by atoms with Crippen LogP contribution in [0, 0.1) is 0 Å². The Bertz CT molecular complexity index is 357. The van der Waals surface area contributed by atoms with Crippen molar-refractivity contribution in [2.45, 2.75) is 6.92 Å². The molecule has 0 atom stereocenters. The van der Waals surface area contributed by atoms with E-state index in [0.717, 1.165) is 6.92 Å². The van der Waals surface area contributed by atoms with Gasteiger partial charge in [0, 0.05) is 0 Å². The molecule has 0 radical (unpaired) electrons. The summed E-state index contributed by atoms with van der Waals surface area (Å²) in [6.07, 6.45) is 0. The summed E-state index contributed by atoms with van der Waals surface area (Å²) in [5.74, 6) is 0. The van der Waals surface area contributed by atoms with Crippen LogP contribution < -0.4 is 0 Å². The van der Waals surface area contributed by atoms with Gasteiger partial charge in [-0.15, -0.1) is 0 Å². The molecule has 11 heavy (non-hydrogen) atoms. The molecule has 0 spiro atoms. The molecular formula is C3H6O6S2. The molecular weight excluding hydrogens is 196 g/mol. The van der Waals surface area contributed by atoms with Crippen molar-refractivity contribution >= 4 is 20.2 Å². The van der Waals surface area contributed by atoms with E-state index in [2.05, 4.69) is 0 Å². The second-order valence-electron chi connectivity index (χ2n) is 1.72. The molecule has 6 nitrogen and oxygen atoms in total. The van der Waals surface area contributed by atoms with Crippen molar-refractivity contribution in [1.82, 2.24) is 0 Å². The first-order valence-electron chi connectivity index (χ1n) is 2.26. The first-order valence-corrected chi connectivity index (χ1v) is 5.20. The molecule has 0 fully saturated rings. The highest BCUT2D eigenvalue weighted by molar-refractivity contribution is 7.93. The summed E-state index contributed by atoms with van der Waals surface area (Å²) < 4.78 is 56.5. The molecule has 0 aliphatic rings. The van der Waals surface area contributed by atoms with E-state index in [1.165, 1.54) is 0 Å². The van der Waals surface area contributed by atoms with Crippen molar-refractivity contribution in [2.24, 2.45) is 0 Å². The highest BCUT2D eigenvalue weighted by Crippen LogP contribution is 2.03. The van der Waals surface area contributed by atoms with Gasteiger partial charge in [0.2, 0.25) is 0 Å². The van der Waals surface area contributed by atoms with Gasteiger partial charge in [-0.25, -0.2) is 0 Å². The lowest BCUT2D eigenvalue weighted by Gasteiger charge is -1.92. The normalized spacial score (nSPS) is 15.0. The molecule has 0 aromatic heterocycles. The average Bonchev–Trinajstić information content (AvgIpc) is 1.56. The summed E-state index contributed by atoms with van der Waals surface area (Å²) in [5, 5.41) is 0.0440. The Morgan fingerprint density at radius 2 is 1.55 bits per heavy atom. The Hall–Kier alpha value is -0.440. The molecule has 0 aromatic rings. The highest BCUT2D eigenvalue weighted by atomic mass is 32.2. The summed E-state index contributed by atoms with van der Waals surface area (Å²) >= 11 is 0. The van der Waals surface area contributed by atoms with Crippen molar-refractivity contribution < 1.29 is 25.9 Å². The quantitative estimate of drug-likeness (QED) is 0.591. The molecule has 0 saturated heterocycles. The second kappa shape index (κ2) is 2.89. The topological polar surface area (TPSA) is 109 Å². The van der Waals surface area contributed by atoms with Gasteiger partial charge in [-0.3, -0.25) is 9.11 Å². The van der Waals surface area contributed by atoms with Crippen LogP contribution in [0.4, 0.5) is 0 Å². The van der Waals surface area contributed by atoms with Crippen molar-refractivity contribution in [2.75, 3.05) is 0 Å². The van der Waals surface area contributed by atoms with Crippen LogP contribution in [0.25, 0.3) is 0 Å². The number of allylic oxidation sites excluding steroid dienone is 1. The van der Waals surface area contributed by atoms with Crippen LogP contribution in [-0.2, 0) is 20.2 Å². The van der Waals surface area contributed by atoms with Crippen molar-refractivity contribution in [3.63, 3.8) is 0 Å². The highest BCUT2D eigenvalue weighted by Gasteiger charge is 2.11. The minimum Gasteiger partial charge on any atom is -0.282 e. The third-order valence-electron chi connectivity index (χ3n) is 0.722. The fourth-order valence-electron chi connectivity index (χ4n) is 0.271. The van der Waals surface area contributed by atoms with E-state index in [1.54, 1.807) is 0 Å². The van der Waals surface area contributed by atoms with Crippen LogP contribution in [0.5, 0.6) is 0 Å². The Morgan fingerprint density at radius 3 is 1.64 bits per heavy atom. The summed E-state index contributed by atoms with van der Waals surface area (Å²) in [6.45, 7) is 0.836. The van der Waals surface area contributed by atoms with Crippen LogP contribution >= 0.6 is 0 Å². The van der Waals surface area contributed by atoms with E-state index in [9.17, 15) is 16.8 Å². The first kappa shape index (κ1) is 10.6. The Labute approximate surface area is 64.0 Å². The van der Waals surface area contributed by atoms with E-state index in [1.807, 2.05) is 0 Å². The maximum atomic E-state index is 10.1. The third kappa shape index (κ3) is 4.90. The van der Waals surface area contributed by atoms with Gasteiger partial charge in [-0.2, -0.15) is 16.8 Å². The Balaban J connectivity index is 5.11. The van der Waals surface area contributed by atoms with Crippen LogP contribution in [0.2, 0.25) is 0 Å². The van der Waals surface area contributed by atoms with E-state index in [0.29, 0.717) is 0 Å². The fraction of sp³-hybridized carbons (Fsp3) is 0.333. The second-order valence-corrected chi connectivity index (χ2v) is 4.58. The van der Waals surface area contributed by atoms with Crippen molar-refractivity contribution in [3.8, 4) is 0 Å². The zero-order chi connectivity index (χ0) is 9.28. The van der Waals surface area contributed by atoms with E-state index in [-0.39, 0.29) is 5.41 Å². The first-order chi connectivity index (χ1) is 4.63. The molecule has 2 N–H and O–H groups in total. The molecule has 0 aliphatic heterocycles. The maximum absolute atomic E-state index is 10.1. The molecule has 0 unspecified atom stereocenters. The minimum absolute atomic E-state index is 0.0440. The number of hydrogen-bond donors (Lipinski definition) is 2. The predicted octanol–water partition coefficient (Wildman–Crippen LogP) is -0.377. The van der Waals surface area contributed by atoms with Gasteiger partial charge < -0.3 is 0 Å². The van der Waals surface area contributed by atoms with E-state index >= 15 is 0 Å². The summed E-state index contributed by atoms with van der Waals surface area (Å²) in [6, 6.07) is 0. The van der Waals surface area contributed by atoms with Gasteiger partial charge in [-0.05, 0) is 6.92 Å². The average molecular weight is 202 g/mol. The monoisotopic (exact) mass is 202 g/mol. The van der Waals surface area contributed by atoms with E-state index < -0.39 is 25.1 Å². The zero-order valence-electron chi connectivity index (χ0n) is 5.42. The molecule has 66 valence electrons. The molecule has 0 aliphatic carbocycles. The Morgan fingerprint density at radius 1 is 1.18 bits per heavy atom. The van der Waals surface area contributed by atoms with Gasteiger partial charge in [0.05, 0.1) is 10.3 Å². The molecule has 0 rings (SSSR count). The summed E-state index contributed by atoms with van der Waals surface area (Å²) in [4.78, 5) is -0.833. The molecule has 0 bridgehead atoms. The van der Waals surface area contributed by atoms with Gasteiger partial charge in [0.25, 0.3) is 20.2 Å². The molecule has 0 heterocycles.